The second-order valence-electron chi connectivity index (χ2n) is 10.3. The van der Waals surface area contributed by atoms with E-state index in [1.165, 1.54) is 13.3 Å². The fourth-order valence-corrected chi connectivity index (χ4v) is 5.84. The molecule has 2 heterocycles. The van der Waals surface area contributed by atoms with E-state index in [0.29, 0.717) is 79.7 Å². The number of hydrogen-bond acceptors (Lipinski definition) is 4. The third-order valence-corrected chi connectivity index (χ3v) is 8.06. The molecule has 0 spiro atoms. The van der Waals surface area contributed by atoms with Crippen molar-refractivity contribution in [1.82, 2.24) is 9.88 Å². The van der Waals surface area contributed by atoms with Gasteiger partial charge in [0.25, 0.3) is 0 Å². The minimum Gasteiger partial charge on any atom is -0.497 e. The number of alkyl halides is 1. The van der Waals surface area contributed by atoms with Gasteiger partial charge in [-0.25, -0.2) is 17.6 Å². The van der Waals surface area contributed by atoms with Crippen LogP contribution in [-0.2, 0) is 11.2 Å². The topological polar surface area (TPSA) is 62.7 Å². The number of benzene rings is 2. The van der Waals surface area contributed by atoms with Gasteiger partial charge in [-0.05, 0) is 81.8 Å². The van der Waals surface area contributed by atoms with Gasteiger partial charge >= 0.3 is 5.97 Å². The molecule has 3 aromatic rings. The number of likely N-dealkylation sites (tertiary alicyclic amines) is 1. The third kappa shape index (κ3) is 7.00. The maximum absolute atomic E-state index is 15.7. The largest absolute Gasteiger partial charge is 0.497 e. The Morgan fingerprint density at radius 3 is 2.51 bits per heavy atom. The van der Waals surface area contributed by atoms with Crippen LogP contribution in [0.25, 0.3) is 10.9 Å². The van der Waals surface area contributed by atoms with E-state index < -0.39 is 35.0 Å². The number of carboxylic acid groups (broad SMARTS) is 1. The predicted molar refractivity (Wildman–Crippen MR) is 141 cm³/mol. The zero-order valence-electron chi connectivity index (χ0n) is 21.7. The van der Waals surface area contributed by atoms with Crippen molar-refractivity contribution in [2.45, 2.75) is 51.1 Å². The molecule has 1 saturated heterocycles. The SMILES string of the molecule is COc1ccc2ncc(Cl)c([C@H](F)CCC3(CC(=O)O)CCN(CCCc4c(F)cc(F)cc4F)CC3)c2c1. The summed E-state index contributed by atoms with van der Waals surface area (Å²) in [6.45, 7) is 1.75. The Hall–Kier alpha value is -2.91. The molecule has 0 saturated carbocycles. The highest BCUT2D eigenvalue weighted by Crippen LogP contribution is 2.44. The summed E-state index contributed by atoms with van der Waals surface area (Å²) in [7, 11) is 1.52. The van der Waals surface area contributed by atoms with E-state index in [0.717, 1.165) is 0 Å². The molecule has 1 aliphatic rings. The molecule has 39 heavy (non-hydrogen) atoms. The Morgan fingerprint density at radius 1 is 1.18 bits per heavy atom. The van der Waals surface area contributed by atoms with Gasteiger partial charge in [0, 0.05) is 34.8 Å². The summed E-state index contributed by atoms with van der Waals surface area (Å²) in [5.41, 5.74) is 0.201. The fourth-order valence-electron chi connectivity index (χ4n) is 5.57. The van der Waals surface area contributed by atoms with Gasteiger partial charge in [0.2, 0.25) is 0 Å². The highest BCUT2D eigenvalue weighted by Gasteiger charge is 2.37. The number of aliphatic carboxylic acids is 1. The summed E-state index contributed by atoms with van der Waals surface area (Å²) in [6.07, 6.45) is 2.12. The Bertz CT molecular complexity index is 1310. The third-order valence-electron chi connectivity index (χ3n) is 7.76. The predicted octanol–water partition coefficient (Wildman–Crippen LogP) is 7.29. The van der Waals surface area contributed by atoms with Crippen LogP contribution in [0.5, 0.6) is 5.75 Å². The molecular formula is C29H31ClF4N2O3. The molecule has 1 fully saturated rings. The molecule has 4 rings (SSSR count). The van der Waals surface area contributed by atoms with Crippen molar-refractivity contribution in [3.05, 3.63) is 70.1 Å². The molecule has 1 N–H and O–H groups in total. The van der Waals surface area contributed by atoms with Crippen molar-refractivity contribution in [2.75, 3.05) is 26.7 Å². The average molecular weight is 567 g/mol. The molecule has 1 aromatic heterocycles. The van der Waals surface area contributed by atoms with Crippen LogP contribution in [0.4, 0.5) is 17.6 Å². The van der Waals surface area contributed by atoms with Gasteiger partial charge in [0.05, 0.1) is 24.1 Å². The van der Waals surface area contributed by atoms with Crippen LogP contribution in [0.2, 0.25) is 5.02 Å². The number of pyridine rings is 1. The number of carbonyl (C=O) groups is 1. The van der Waals surface area contributed by atoms with Crippen LogP contribution in [0.15, 0.2) is 36.5 Å². The van der Waals surface area contributed by atoms with Crippen molar-refractivity contribution in [2.24, 2.45) is 5.41 Å². The molecule has 2 aromatic carbocycles. The molecule has 1 aliphatic heterocycles. The van der Waals surface area contributed by atoms with E-state index >= 15 is 4.39 Å². The first kappa shape index (κ1) is 29.1. The molecule has 5 nitrogen and oxygen atoms in total. The molecule has 0 aliphatic carbocycles. The van der Waals surface area contributed by atoms with Crippen LogP contribution in [0.1, 0.15) is 55.8 Å². The highest BCUT2D eigenvalue weighted by atomic mass is 35.5. The first-order chi connectivity index (χ1) is 18.6. The minimum atomic E-state index is -1.42. The number of piperidine rings is 1. The van der Waals surface area contributed by atoms with Gasteiger partial charge in [0.15, 0.2) is 0 Å². The van der Waals surface area contributed by atoms with E-state index in [1.54, 1.807) is 18.2 Å². The van der Waals surface area contributed by atoms with Crippen LogP contribution in [-0.4, -0.2) is 47.7 Å². The molecule has 210 valence electrons. The van der Waals surface area contributed by atoms with Crippen molar-refractivity contribution >= 4 is 28.5 Å². The number of rotatable bonds is 11. The van der Waals surface area contributed by atoms with Crippen molar-refractivity contribution in [3.8, 4) is 5.75 Å². The number of aromatic nitrogens is 1. The lowest BCUT2D eigenvalue weighted by molar-refractivity contribution is -0.141. The Labute approximate surface area is 229 Å². The standard InChI is InChI=1S/C29H31ClF4N2O3/c1-39-19-4-5-26-21(15-19)28(22(30)17-35-26)23(32)6-7-29(16-27(37)38)8-11-36(12-9-29)10-2-3-20-24(33)13-18(31)14-25(20)34/h4-5,13-15,17,23H,2-3,6-12,16H2,1H3,(H,37,38)/t23-/m1/s1. The van der Waals surface area contributed by atoms with Crippen molar-refractivity contribution in [1.29, 1.82) is 0 Å². The van der Waals surface area contributed by atoms with Gasteiger partial charge in [-0.3, -0.25) is 9.78 Å². The second kappa shape index (κ2) is 12.5. The Balaban J connectivity index is 1.39. The van der Waals surface area contributed by atoms with E-state index in [1.807, 2.05) is 0 Å². The smallest absolute Gasteiger partial charge is 0.303 e. The van der Waals surface area contributed by atoms with Gasteiger partial charge in [-0.2, -0.15) is 0 Å². The van der Waals surface area contributed by atoms with E-state index in [2.05, 4.69) is 9.88 Å². The molecule has 1 atom stereocenters. The van der Waals surface area contributed by atoms with Crippen molar-refractivity contribution in [3.63, 3.8) is 0 Å². The summed E-state index contributed by atoms with van der Waals surface area (Å²) < 4.78 is 62.0. The molecule has 10 heteroatoms. The van der Waals surface area contributed by atoms with Gasteiger partial charge < -0.3 is 14.7 Å². The summed E-state index contributed by atoms with van der Waals surface area (Å²) in [4.78, 5) is 18.1. The fraction of sp³-hybridized carbons (Fsp3) is 0.448. The van der Waals surface area contributed by atoms with Gasteiger partial charge in [0.1, 0.15) is 29.4 Å². The number of ether oxygens (including phenoxy) is 1. The van der Waals surface area contributed by atoms with Crippen LogP contribution in [0, 0.1) is 22.9 Å². The second-order valence-corrected chi connectivity index (χ2v) is 10.7. The number of hydrogen-bond donors (Lipinski definition) is 1. The van der Waals surface area contributed by atoms with E-state index in [-0.39, 0.29) is 29.8 Å². The van der Waals surface area contributed by atoms with Gasteiger partial charge in [-0.1, -0.05) is 11.6 Å². The summed E-state index contributed by atoms with van der Waals surface area (Å²) in [5.74, 6) is -3.12. The van der Waals surface area contributed by atoms with Crippen molar-refractivity contribution < 1.29 is 32.2 Å². The zero-order valence-corrected chi connectivity index (χ0v) is 22.4. The Kier molecular flexibility index (Phi) is 9.33. The number of methoxy groups -OCH3 is 1. The van der Waals surface area contributed by atoms with E-state index in [9.17, 15) is 23.1 Å². The summed E-state index contributed by atoms with van der Waals surface area (Å²) in [5, 5.41) is 10.4. The number of fused-ring (bicyclic) bond motifs is 1. The normalized spacial score (nSPS) is 16.4. The minimum absolute atomic E-state index is 0.0712. The zero-order chi connectivity index (χ0) is 28.2. The molecule has 0 radical (unpaired) electrons. The summed E-state index contributed by atoms with van der Waals surface area (Å²) >= 11 is 6.36. The lowest BCUT2D eigenvalue weighted by Gasteiger charge is -2.41. The maximum Gasteiger partial charge on any atom is 0.303 e. The van der Waals surface area contributed by atoms with E-state index in [4.69, 9.17) is 16.3 Å². The first-order valence-electron chi connectivity index (χ1n) is 12.9. The molecular weight excluding hydrogens is 536 g/mol. The van der Waals surface area contributed by atoms with Crippen LogP contribution in [0.3, 0.4) is 0 Å². The number of nitrogens with zero attached hydrogens (tertiary/aromatic N) is 2. The number of carboxylic acids is 1. The Morgan fingerprint density at radius 2 is 1.87 bits per heavy atom. The monoisotopic (exact) mass is 566 g/mol. The number of halogens is 5. The lowest BCUT2D eigenvalue weighted by atomic mass is 9.71. The molecule has 0 unspecified atom stereocenters. The van der Waals surface area contributed by atoms with Crippen LogP contribution >= 0.6 is 11.6 Å². The highest BCUT2D eigenvalue weighted by molar-refractivity contribution is 6.32. The molecule has 0 bridgehead atoms. The average Bonchev–Trinajstić information content (AvgIpc) is 2.89. The first-order valence-corrected chi connectivity index (χ1v) is 13.3. The van der Waals surface area contributed by atoms with Gasteiger partial charge in [-0.15, -0.1) is 0 Å². The quantitative estimate of drug-likeness (QED) is 0.247. The van der Waals surface area contributed by atoms with Crippen LogP contribution < -0.4 is 4.74 Å². The molecule has 0 amide bonds. The summed E-state index contributed by atoms with van der Waals surface area (Å²) in [6, 6.07) is 6.53. The lowest BCUT2D eigenvalue weighted by Crippen LogP contribution is -2.41. The maximum atomic E-state index is 15.7.